The molecule has 0 aliphatic carbocycles. The SMILES string of the molecule is COCc1nc(-c2ccc(C)c(C)c2)c(C)c(-c2ccc(Cl)cc2)c1[C@H](OC(C)(C)C)C(=O)O. The average Bonchev–Trinajstić information content (AvgIpc) is 2.75. The molecule has 180 valence electrons. The van der Waals surface area contributed by atoms with Crippen LogP contribution in [0.5, 0.6) is 0 Å². The standard InChI is InChI=1S/C28H32ClNO4/c1-16-8-9-20(14-17(16)2)25-18(3)23(19-10-12-21(29)13-11-19)24(22(30-25)15-33-7)26(27(31)32)34-28(4,5)6/h8-14,26H,15H2,1-7H3,(H,31,32)/t26-/m0/s1. The van der Waals surface area contributed by atoms with Gasteiger partial charge in [0.05, 0.1) is 23.6 Å². The van der Waals surface area contributed by atoms with E-state index >= 15 is 0 Å². The first-order valence-electron chi connectivity index (χ1n) is 11.2. The van der Waals surface area contributed by atoms with Gasteiger partial charge in [-0.05, 0) is 87.6 Å². The third kappa shape index (κ3) is 5.66. The normalized spacial score (nSPS) is 12.6. The number of aromatic nitrogens is 1. The van der Waals surface area contributed by atoms with Gasteiger partial charge in [0, 0.05) is 23.3 Å². The van der Waals surface area contributed by atoms with E-state index in [1.165, 1.54) is 5.56 Å². The highest BCUT2D eigenvalue weighted by atomic mass is 35.5. The van der Waals surface area contributed by atoms with Crippen molar-refractivity contribution in [3.63, 3.8) is 0 Å². The van der Waals surface area contributed by atoms with Gasteiger partial charge < -0.3 is 14.6 Å². The van der Waals surface area contributed by atoms with Gasteiger partial charge >= 0.3 is 5.97 Å². The number of methoxy groups -OCH3 is 1. The Morgan fingerprint density at radius 1 is 1.03 bits per heavy atom. The topological polar surface area (TPSA) is 68.7 Å². The molecule has 0 aliphatic heterocycles. The first kappa shape index (κ1) is 25.9. The van der Waals surface area contributed by atoms with E-state index in [9.17, 15) is 9.90 Å². The summed E-state index contributed by atoms with van der Waals surface area (Å²) in [7, 11) is 1.57. The van der Waals surface area contributed by atoms with Gasteiger partial charge in [-0.1, -0.05) is 35.9 Å². The van der Waals surface area contributed by atoms with Crippen molar-refractivity contribution < 1.29 is 19.4 Å². The number of ether oxygens (including phenoxy) is 2. The van der Waals surface area contributed by atoms with Crippen LogP contribution in [0.25, 0.3) is 22.4 Å². The minimum Gasteiger partial charge on any atom is -0.479 e. The van der Waals surface area contributed by atoms with E-state index in [0.717, 1.165) is 33.5 Å². The third-order valence-electron chi connectivity index (χ3n) is 5.71. The average molecular weight is 482 g/mol. The van der Waals surface area contributed by atoms with Crippen LogP contribution in [-0.4, -0.2) is 28.8 Å². The maximum Gasteiger partial charge on any atom is 0.337 e. The summed E-state index contributed by atoms with van der Waals surface area (Å²) >= 11 is 6.17. The van der Waals surface area contributed by atoms with Gasteiger partial charge in [0.1, 0.15) is 0 Å². The number of aryl methyl sites for hydroxylation is 2. The lowest BCUT2D eigenvalue weighted by Crippen LogP contribution is -2.29. The Labute approximate surface area is 206 Å². The summed E-state index contributed by atoms with van der Waals surface area (Å²) in [4.78, 5) is 17.5. The molecule has 3 rings (SSSR count). The molecule has 3 aromatic rings. The summed E-state index contributed by atoms with van der Waals surface area (Å²) in [5, 5.41) is 10.8. The van der Waals surface area contributed by atoms with E-state index in [1.54, 1.807) is 19.2 Å². The highest BCUT2D eigenvalue weighted by molar-refractivity contribution is 6.30. The van der Waals surface area contributed by atoms with Crippen molar-refractivity contribution in [2.24, 2.45) is 0 Å². The van der Waals surface area contributed by atoms with Crippen molar-refractivity contribution in [2.45, 2.75) is 59.9 Å². The lowest BCUT2D eigenvalue weighted by atomic mass is 9.88. The molecular weight excluding hydrogens is 450 g/mol. The van der Waals surface area contributed by atoms with Crippen LogP contribution >= 0.6 is 11.6 Å². The van der Waals surface area contributed by atoms with Crippen LogP contribution in [0.4, 0.5) is 0 Å². The van der Waals surface area contributed by atoms with E-state index in [2.05, 4.69) is 26.0 Å². The van der Waals surface area contributed by atoms with Crippen LogP contribution in [0.15, 0.2) is 42.5 Å². The molecule has 2 aromatic carbocycles. The Bertz CT molecular complexity index is 1200. The molecule has 34 heavy (non-hydrogen) atoms. The number of benzene rings is 2. The molecule has 1 atom stereocenters. The van der Waals surface area contributed by atoms with Crippen molar-refractivity contribution >= 4 is 17.6 Å². The highest BCUT2D eigenvalue weighted by Gasteiger charge is 2.33. The number of halogens is 1. The van der Waals surface area contributed by atoms with Gasteiger partial charge in [-0.15, -0.1) is 0 Å². The zero-order chi connectivity index (χ0) is 25.2. The monoisotopic (exact) mass is 481 g/mol. The molecule has 1 heterocycles. The fourth-order valence-electron chi connectivity index (χ4n) is 4.02. The van der Waals surface area contributed by atoms with Gasteiger partial charge in [-0.2, -0.15) is 0 Å². The molecule has 0 unspecified atom stereocenters. The highest BCUT2D eigenvalue weighted by Crippen LogP contribution is 2.41. The van der Waals surface area contributed by atoms with Crippen LogP contribution in [0.2, 0.25) is 5.02 Å². The van der Waals surface area contributed by atoms with E-state index in [0.29, 0.717) is 16.3 Å². The van der Waals surface area contributed by atoms with Crippen LogP contribution in [0.1, 0.15) is 54.8 Å². The largest absolute Gasteiger partial charge is 0.479 e. The molecule has 0 radical (unpaired) electrons. The van der Waals surface area contributed by atoms with Crippen LogP contribution < -0.4 is 0 Å². The van der Waals surface area contributed by atoms with Gasteiger partial charge in [0.15, 0.2) is 6.10 Å². The van der Waals surface area contributed by atoms with Crippen LogP contribution in [0, 0.1) is 20.8 Å². The molecule has 0 aliphatic rings. The number of carboxylic acids is 1. The molecule has 0 spiro atoms. The number of pyridine rings is 1. The van der Waals surface area contributed by atoms with E-state index < -0.39 is 17.7 Å². The Kier molecular flexibility index (Phi) is 7.81. The van der Waals surface area contributed by atoms with Crippen molar-refractivity contribution in [1.29, 1.82) is 0 Å². The predicted molar refractivity (Wildman–Crippen MR) is 136 cm³/mol. The van der Waals surface area contributed by atoms with Gasteiger partial charge in [0.25, 0.3) is 0 Å². The smallest absolute Gasteiger partial charge is 0.337 e. The van der Waals surface area contributed by atoms with Crippen molar-refractivity contribution in [3.8, 4) is 22.4 Å². The summed E-state index contributed by atoms with van der Waals surface area (Å²) in [5.41, 5.74) is 6.90. The maximum atomic E-state index is 12.5. The zero-order valence-corrected chi connectivity index (χ0v) is 21.6. The van der Waals surface area contributed by atoms with Gasteiger partial charge in [0.2, 0.25) is 0 Å². The first-order chi connectivity index (χ1) is 15.9. The number of aliphatic carboxylic acids is 1. The van der Waals surface area contributed by atoms with Gasteiger partial charge in [-0.3, -0.25) is 0 Å². The molecule has 0 saturated heterocycles. The second-order valence-electron chi connectivity index (χ2n) is 9.51. The van der Waals surface area contributed by atoms with Crippen LogP contribution in [0.3, 0.4) is 0 Å². The molecule has 0 fully saturated rings. The first-order valence-corrected chi connectivity index (χ1v) is 11.6. The zero-order valence-electron chi connectivity index (χ0n) is 20.8. The third-order valence-corrected chi connectivity index (χ3v) is 5.96. The fourth-order valence-corrected chi connectivity index (χ4v) is 4.14. The van der Waals surface area contributed by atoms with Crippen LogP contribution in [-0.2, 0) is 20.9 Å². The summed E-state index contributed by atoms with van der Waals surface area (Å²) in [6.07, 6.45) is -1.23. The number of carboxylic acid groups (broad SMARTS) is 1. The maximum absolute atomic E-state index is 12.5. The van der Waals surface area contributed by atoms with E-state index in [-0.39, 0.29) is 6.61 Å². The molecule has 6 heteroatoms. The number of carbonyl (C=O) groups is 1. The number of nitrogens with zero attached hydrogens (tertiary/aromatic N) is 1. The Morgan fingerprint density at radius 3 is 2.18 bits per heavy atom. The van der Waals surface area contributed by atoms with E-state index in [4.69, 9.17) is 26.1 Å². The summed E-state index contributed by atoms with van der Waals surface area (Å²) in [6, 6.07) is 13.6. The summed E-state index contributed by atoms with van der Waals surface area (Å²) in [6.45, 7) is 11.8. The minimum absolute atomic E-state index is 0.144. The van der Waals surface area contributed by atoms with E-state index in [1.807, 2.05) is 45.9 Å². The van der Waals surface area contributed by atoms with Crippen molar-refractivity contribution in [1.82, 2.24) is 4.98 Å². The minimum atomic E-state index is -1.23. The molecule has 5 nitrogen and oxygen atoms in total. The molecule has 1 N–H and O–H groups in total. The molecule has 0 bridgehead atoms. The molecule has 0 amide bonds. The number of hydrogen-bond acceptors (Lipinski definition) is 4. The summed E-state index contributed by atoms with van der Waals surface area (Å²) in [5.74, 6) is -1.08. The Hall–Kier alpha value is -2.73. The second kappa shape index (κ2) is 10.3. The lowest BCUT2D eigenvalue weighted by Gasteiger charge is -2.29. The lowest BCUT2D eigenvalue weighted by molar-refractivity contribution is -0.160. The fraction of sp³-hybridized carbons (Fsp3) is 0.357. The Balaban J connectivity index is 2.43. The van der Waals surface area contributed by atoms with Crippen molar-refractivity contribution in [3.05, 3.63) is 75.4 Å². The van der Waals surface area contributed by atoms with Crippen molar-refractivity contribution in [2.75, 3.05) is 7.11 Å². The number of rotatable bonds is 7. The molecule has 1 aromatic heterocycles. The quantitative estimate of drug-likeness (QED) is 0.390. The molecule has 0 saturated carbocycles. The van der Waals surface area contributed by atoms with Gasteiger partial charge in [-0.25, -0.2) is 9.78 Å². The number of hydrogen-bond donors (Lipinski definition) is 1. The summed E-state index contributed by atoms with van der Waals surface area (Å²) < 4.78 is 11.6. The predicted octanol–water partition coefficient (Wildman–Crippen LogP) is 7.08. The Morgan fingerprint density at radius 2 is 1.65 bits per heavy atom. The second-order valence-corrected chi connectivity index (χ2v) is 9.94. The molecular formula is C28H32ClNO4.